The fourth-order valence-electron chi connectivity index (χ4n) is 4.57. The van der Waals surface area contributed by atoms with Crippen molar-refractivity contribution in [3.8, 4) is 11.5 Å². The Morgan fingerprint density at radius 2 is 1.38 bits per heavy atom. The second-order valence-corrected chi connectivity index (χ2v) is 12.3. The molecule has 0 aliphatic rings. The van der Waals surface area contributed by atoms with Crippen molar-refractivity contribution in [2.24, 2.45) is 0 Å². The summed E-state index contributed by atoms with van der Waals surface area (Å²) in [6.07, 6.45) is 0. The number of anilines is 4. The number of carbonyl (C=O) groups is 1. The van der Waals surface area contributed by atoms with Crippen LogP contribution >= 0.6 is 0 Å². The Hall–Kier alpha value is -5.20. The molecule has 0 bridgehead atoms. The molecule has 1 aromatic heterocycles. The van der Waals surface area contributed by atoms with E-state index in [1.165, 1.54) is 26.4 Å². The lowest BCUT2D eigenvalue weighted by molar-refractivity contribution is -0.115. The molecule has 0 atom stereocenters. The van der Waals surface area contributed by atoms with Gasteiger partial charge in [-0.15, -0.1) is 0 Å². The number of methoxy groups -OCH3 is 2. The number of nitrogens with zero attached hydrogens (tertiary/aromatic N) is 2. The third-order valence-corrected chi connectivity index (χ3v) is 8.37. The molecule has 4 N–H and O–H groups in total. The van der Waals surface area contributed by atoms with Crippen LogP contribution in [0.1, 0.15) is 19.4 Å². The summed E-state index contributed by atoms with van der Waals surface area (Å²) in [7, 11) is -1.09. The molecule has 0 saturated heterocycles. The molecule has 5 aromatic rings. The lowest BCUT2D eigenvalue weighted by Gasteiger charge is -2.26. The summed E-state index contributed by atoms with van der Waals surface area (Å²) in [5.41, 5.74) is 2.52. The molecule has 0 saturated carbocycles. The van der Waals surface area contributed by atoms with Gasteiger partial charge in [-0.25, -0.2) is 18.4 Å². The number of aromatic nitrogens is 2. The van der Waals surface area contributed by atoms with E-state index in [0.717, 1.165) is 5.56 Å². The largest absolute Gasteiger partial charge is 0.497 e. The molecular formula is C33H34N6O5S. The number of fused-ring (bicyclic) bond motifs is 1. The summed E-state index contributed by atoms with van der Waals surface area (Å²) in [5, 5.41) is 9.16. The molecule has 4 aromatic carbocycles. The van der Waals surface area contributed by atoms with Crippen LogP contribution in [0.25, 0.3) is 11.0 Å². The number of hydrogen-bond donors (Lipinski definition) is 4. The van der Waals surface area contributed by atoms with Crippen molar-refractivity contribution in [2.45, 2.75) is 24.3 Å². The van der Waals surface area contributed by atoms with E-state index in [1.807, 2.05) is 50.2 Å². The predicted molar refractivity (Wildman–Crippen MR) is 176 cm³/mol. The number of sulfonamides is 1. The first-order valence-electron chi connectivity index (χ1n) is 14.1. The van der Waals surface area contributed by atoms with Gasteiger partial charge in [-0.3, -0.25) is 14.8 Å². The highest BCUT2D eigenvalue weighted by atomic mass is 32.2. The van der Waals surface area contributed by atoms with Crippen LogP contribution in [0.2, 0.25) is 0 Å². The van der Waals surface area contributed by atoms with Gasteiger partial charge in [0.05, 0.1) is 36.7 Å². The quantitative estimate of drug-likeness (QED) is 0.138. The van der Waals surface area contributed by atoms with Gasteiger partial charge in [0.25, 0.3) is 10.0 Å². The average molecular weight is 627 g/mol. The molecule has 1 amide bonds. The number of ether oxygens (including phenoxy) is 2. The Kier molecular flexibility index (Phi) is 9.16. The Morgan fingerprint density at radius 3 is 2.02 bits per heavy atom. The van der Waals surface area contributed by atoms with Gasteiger partial charge in [0, 0.05) is 35.1 Å². The monoisotopic (exact) mass is 626 g/mol. The molecule has 0 unspecified atom stereocenters. The highest BCUT2D eigenvalue weighted by molar-refractivity contribution is 7.92. The lowest BCUT2D eigenvalue weighted by atomic mass is 9.94. The van der Waals surface area contributed by atoms with Crippen molar-refractivity contribution in [1.82, 2.24) is 15.3 Å². The maximum atomic E-state index is 13.6. The molecule has 0 aliphatic heterocycles. The first kappa shape index (κ1) is 31.2. The summed E-state index contributed by atoms with van der Waals surface area (Å²) in [6.45, 7) is 3.99. The van der Waals surface area contributed by atoms with E-state index < -0.39 is 15.6 Å². The van der Waals surface area contributed by atoms with Crippen LogP contribution in [0.15, 0.2) is 102 Å². The van der Waals surface area contributed by atoms with Crippen molar-refractivity contribution in [3.63, 3.8) is 0 Å². The van der Waals surface area contributed by atoms with Crippen molar-refractivity contribution >= 4 is 50.0 Å². The zero-order valence-electron chi connectivity index (χ0n) is 25.3. The van der Waals surface area contributed by atoms with Gasteiger partial charge in [0.1, 0.15) is 11.5 Å². The van der Waals surface area contributed by atoms with Gasteiger partial charge < -0.3 is 20.1 Å². The van der Waals surface area contributed by atoms with E-state index in [0.29, 0.717) is 33.9 Å². The number of carbonyl (C=O) groups excluding carboxylic acids is 1. The van der Waals surface area contributed by atoms with Gasteiger partial charge in [-0.1, -0.05) is 48.5 Å². The first-order valence-corrected chi connectivity index (χ1v) is 15.5. The molecular weight excluding hydrogens is 592 g/mol. The molecule has 1 heterocycles. The number of hydrogen-bond acceptors (Lipinski definition) is 9. The van der Waals surface area contributed by atoms with Crippen molar-refractivity contribution in [2.75, 3.05) is 36.1 Å². The van der Waals surface area contributed by atoms with E-state index in [2.05, 4.69) is 30.6 Å². The lowest BCUT2D eigenvalue weighted by Crippen LogP contribution is -2.41. The van der Waals surface area contributed by atoms with Crippen LogP contribution < -0.4 is 30.1 Å². The van der Waals surface area contributed by atoms with Crippen LogP contribution in [0.3, 0.4) is 0 Å². The van der Waals surface area contributed by atoms with E-state index >= 15 is 0 Å². The van der Waals surface area contributed by atoms with Crippen LogP contribution in [0, 0.1) is 0 Å². The number of rotatable bonds is 12. The van der Waals surface area contributed by atoms with Crippen molar-refractivity contribution in [1.29, 1.82) is 0 Å². The Labute approximate surface area is 262 Å². The molecule has 0 fully saturated rings. The van der Waals surface area contributed by atoms with Gasteiger partial charge in [0.2, 0.25) is 5.91 Å². The van der Waals surface area contributed by atoms with Gasteiger partial charge in [-0.2, -0.15) is 0 Å². The van der Waals surface area contributed by atoms with E-state index in [4.69, 9.17) is 9.47 Å². The minimum Gasteiger partial charge on any atom is -0.497 e. The molecule has 0 spiro atoms. The summed E-state index contributed by atoms with van der Waals surface area (Å²) >= 11 is 0. The molecule has 0 aliphatic carbocycles. The van der Waals surface area contributed by atoms with Gasteiger partial charge >= 0.3 is 0 Å². The maximum absolute atomic E-state index is 13.6. The predicted octanol–water partition coefficient (Wildman–Crippen LogP) is 5.65. The van der Waals surface area contributed by atoms with Crippen LogP contribution in [0.4, 0.5) is 23.0 Å². The third-order valence-electron chi connectivity index (χ3n) is 7.03. The number of benzene rings is 4. The summed E-state index contributed by atoms with van der Waals surface area (Å²) < 4.78 is 40.5. The fraction of sp³-hybridized carbons (Fsp3) is 0.182. The summed E-state index contributed by atoms with van der Waals surface area (Å²) in [4.78, 5) is 21.9. The Balaban J connectivity index is 1.37. The van der Waals surface area contributed by atoms with Crippen molar-refractivity contribution < 1.29 is 22.7 Å². The zero-order valence-corrected chi connectivity index (χ0v) is 26.1. The van der Waals surface area contributed by atoms with Crippen molar-refractivity contribution in [3.05, 3.63) is 103 Å². The molecule has 5 rings (SSSR count). The zero-order chi connectivity index (χ0) is 32.0. The second-order valence-electron chi connectivity index (χ2n) is 10.7. The minimum absolute atomic E-state index is 0.0164. The minimum atomic E-state index is -4.16. The van der Waals surface area contributed by atoms with Crippen LogP contribution in [-0.4, -0.2) is 45.1 Å². The van der Waals surface area contributed by atoms with E-state index in [-0.39, 0.29) is 29.0 Å². The Morgan fingerprint density at radius 1 is 0.756 bits per heavy atom. The topological polar surface area (TPSA) is 144 Å². The Bertz CT molecular complexity index is 1910. The first-order chi connectivity index (χ1) is 21.6. The van der Waals surface area contributed by atoms with E-state index in [1.54, 1.807) is 48.5 Å². The maximum Gasteiger partial charge on any atom is 0.263 e. The average Bonchev–Trinajstić information content (AvgIpc) is 3.04. The summed E-state index contributed by atoms with van der Waals surface area (Å²) in [5.74, 6) is 0.902. The van der Waals surface area contributed by atoms with Gasteiger partial charge in [0.15, 0.2) is 11.6 Å². The smallest absolute Gasteiger partial charge is 0.263 e. The SMILES string of the molecule is COc1cc(Nc2nc3ccccc3nc2NS(=O)(=O)c2cccc(NC(=O)CNC(C)(C)c3ccccc3)c2)cc(OC)c1. The molecule has 11 nitrogen and oxygen atoms in total. The molecule has 0 radical (unpaired) electrons. The highest BCUT2D eigenvalue weighted by Gasteiger charge is 2.22. The molecule has 12 heteroatoms. The van der Waals surface area contributed by atoms with Crippen LogP contribution in [-0.2, 0) is 20.4 Å². The number of nitrogens with one attached hydrogen (secondary N) is 4. The third kappa shape index (κ3) is 7.66. The molecule has 232 valence electrons. The van der Waals surface area contributed by atoms with Gasteiger partial charge in [-0.05, 0) is 49.7 Å². The number of amides is 1. The summed E-state index contributed by atoms with van der Waals surface area (Å²) in [6, 6.07) is 28.1. The number of para-hydroxylation sites is 2. The second kappa shape index (κ2) is 13.2. The molecule has 45 heavy (non-hydrogen) atoms. The normalized spacial score (nSPS) is 11.6. The highest BCUT2D eigenvalue weighted by Crippen LogP contribution is 2.31. The van der Waals surface area contributed by atoms with Crippen LogP contribution in [0.5, 0.6) is 11.5 Å². The standard InChI is InChI=1S/C33H34N6O5S/c1-33(2,22-11-6-5-7-12-22)34-21-30(40)35-23-13-10-14-27(19-23)45(41,42)39-32-31(37-28-15-8-9-16-29(28)38-32)36-24-17-25(43-3)20-26(18-24)44-4/h5-20,34H,21H2,1-4H3,(H,35,40)(H,36,37)(H,38,39). The van der Waals surface area contributed by atoms with E-state index in [9.17, 15) is 13.2 Å². The fourth-order valence-corrected chi connectivity index (χ4v) is 5.62.